The molecule has 2 saturated heterocycles. The Morgan fingerprint density at radius 3 is 2.38 bits per heavy atom. The number of aromatic nitrogens is 4. The minimum Gasteiger partial charge on any atom is -0.490 e. The molecule has 11 rings (SSSR count). The van der Waals surface area contributed by atoms with Crippen LogP contribution in [0.4, 0.5) is 16.6 Å². The predicted octanol–water partition coefficient (Wildman–Crippen LogP) is 9.76. The summed E-state index contributed by atoms with van der Waals surface area (Å²) in [5.74, 6) is -0.216. The summed E-state index contributed by atoms with van der Waals surface area (Å²) in [5.41, 5.74) is 8.29. The van der Waals surface area contributed by atoms with Gasteiger partial charge in [0.1, 0.15) is 17.2 Å². The van der Waals surface area contributed by atoms with E-state index in [2.05, 4.69) is 42.5 Å². The zero-order valence-corrected chi connectivity index (χ0v) is 45.4. The van der Waals surface area contributed by atoms with Gasteiger partial charge in [0.05, 0.1) is 45.2 Å². The molecule has 3 aromatic heterocycles. The number of piperidine rings is 1. The molecule has 0 bridgehead atoms. The first-order valence-corrected chi connectivity index (χ1v) is 28.0. The Hall–Kier alpha value is -7.21. The number of para-hydroxylation sites is 2. The fourth-order valence-electron chi connectivity index (χ4n) is 11.5. The van der Waals surface area contributed by atoms with Gasteiger partial charge in [-0.05, 0) is 137 Å². The zero-order valence-electron chi connectivity index (χ0n) is 44.6. The van der Waals surface area contributed by atoms with Gasteiger partial charge in [0.2, 0.25) is 11.8 Å². The first kappa shape index (κ1) is 51.9. The first-order chi connectivity index (χ1) is 37.2. The number of nitrogens with zero attached hydrogens (tertiary/aromatic N) is 7. The van der Waals surface area contributed by atoms with Gasteiger partial charge in [-0.25, -0.2) is 14.8 Å². The van der Waals surface area contributed by atoms with Crippen LogP contribution >= 0.6 is 11.3 Å². The highest BCUT2D eigenvalue weighted by Crippen LogP contribution is 2.38. The Kier molecular flexibility index (Phi) is 14.8. The van der Waals surface area contributed by atoms with Crippen LogP contribution in [0.5, 0.6) is 5.75 Å². The maximum Gasteiger partial charge on any atom is 0.358 e. The lowest BCUT2D eigenvalue weighted by atomic mass is 9.92. The van der Waals surface area contributed by atoms with E-state index in [1.807, 2.05) is 118 Å². The number of rotatable bonds is 14. The van der Waals surface area contributed by atoms with Crippen molar-refractivity contribution in [3.63, 3.8) is 0 Å². The van der Waals surface area contributed by atoms with Gasteiger partial charge >= 0.3 is 5.97 Å². The molecule has 0 radical (unpaired) electrons. The highest BCUT2D eigenvalue weighted by Gasteiger charge is 2.34. The second kappa shape index (κ2) is 22.0. The second-order valence-electron chi connectivity index (χ2n) is 21.8. The van der Waals surface area contributed by atoms with Crippen LogP contribution in [0.2, 0.25) is 0 Å². The number of aryl methyl sites for hydroxylation is 1. The number of carbonyl (C=O) groups is 4. The van der Waals surface area contributed by atoms with Crippen LogP contribution in [-0.2, 0) is 39.1 Å². The molecule has 7 aromatic rings. The Labute approximate surface area is 453 Å². The largest absolute Gasteiger partial charge is 0.490 e. The quantitative estimate of drug-likeness (QED) is 0.0599. The molecular weight excluding hydrogens is 991 g/mol. The Morgan fingerprint density at radius 1 is 0.805 bits per heavy atom. The van der Waals surface area contributed by atoms with Crippen molar-refractivity contribution in [2.45, 2.75) is 109 Å². The van der Waals surface area contributed by atoms with Crippen molar-refractivity contribution in [3.05, 3.63) is 125 Å². The summed E-state index contributed by atoms with van der Waals surface area (Å²) in [7, 11) is 1.94. The minimum atomic E-state index is -0.741. The van der Waals surface area contributed by atoms with Crippen LogP contribution in [0.15, 0.2) is 91.0 Å². The van der Waals surface area contributed by atoms with Crippen molar-refractivity contribution in [2.24, 2.45) is 7.05 Å². The summed E-state index contributed by atoms with van der Waals surface area (Å²) in [4.78, 5) is 69.2. The number of anilines is 3. The lowest BCUT2D eigenvalue weighted by molar-refractivity contribution is -0.134. The van der Waals surface area contributed by atoms with Crippen molar-refractivity contribution < 1.29 is 33.4 Å². The first-order valence-electron chi connectivity index (χ1n) is 27.1. The molecule has 1 aliphatic carbocycles. The summed E-state index contributed by atoms with van der Waals surface area (Å²) in [6, 6.07) is 29.8. The van der Waals surface area contributed by atoms with E-state index in [0.29, 0.717) is 54.4 Å². The Morgan fingerprint density at radius 2 is 1.58 bits per heavy atom. The van der Waals surface area contributed by atoms with Gasteiger partial charge in [-0.15, -0.1) is 0 Å². The van der Waals surface area contributed by atoms with E-state index in [0.717, 1.165) is 132 Å². The lowest BCUT2D eigenvalue weighted by Crippen LogP contribution is -2.47. The number of pyridine rings is 1. The standard InChI is InChI=1S/C60H67N9O7S/c1-37-41(42-24-26-51(62-54(42)58(73)76-60(2,3)4)69-30-28-38-12-8-14-43(46(38)36-69)56(71)64-59-61-47-16-6-7-19-50(47)77-59)13-10-18-49(37)75-40-22-20-39(21-23-40)74-35-11-29-67-31-33-68(34-32-67)48-17-9-15-44-53(65-66(5)55(44)48)45-25-27-52(70)63-57(45)72/h6-10,12-19,24,26,39-40,45H,11,20-23,25,27-36H2,1-5H3,(H,61,64,71)(H,63,70,72). The maximum absolute atomic E-state index is 14.1. The van der Waals surface area contributed by atoms with Crippen LogP contribution in [0, 0.1) is 6.92 Å². The van der Waals surface area contributed by atoms with Crippen LogP contribution < -0.4 is 25.2 Å². The number of fused-ring (bicyclic) bond motifs is 3. The van der Waals surface area contributed by atoms with Gasteiger partial charge in [0.15, 0.2) is 10.8 Å². The summed E-state index contributed by atoms with van der Waals surface area (Å²) >= 11 is 1.45. The molecule has 17 heteroatoms. The van der Waals surface area contributed by atoms with Gasteiger partial charge in [-0.2, -0.15) is 5.10 Å². The van der Waals surface area contributed by atoms with E-state index in [1.165, 1.54) is 11.3 Å². The number of nitrogens with one attached hydrogen (secondary N) is 2. The van der Waals surface area contributed by atoms with Gasteiger partial charge in [0.25, 0.3) is 5.91 Å². The summed E-state index contributed by atoms with van der Waals surface area (Å²) in [6.07, 6.45) is 6.35. The number of thiazole rings is 1. The molecule has 2 N–H and O–H groups in total. The molecule has 1 saturated carbocycles. The lowest BCUT2D eigenvalue weighted by Gasteiger charge is -2.36. The number of imide groups is 1. The minimum absolute atomic E-state index is 0.0438. The van der Waals surface area contributed by atoms with Crippen molar-refractivity contribution in [2.75, 3.05) is 61.0 Å². The zero-order chi connectivity index (χ0) is 53.4. The maximum atomic E-state index is 14.1. The molecule has 4 aromatic carbocycles. The summed E-state index contributed by atoms with van der Waals surface area (Å²) in [5, 5.41) is 11.9. The summed E-state index contributed by atoms with van der Waals surface area (Å²) in [6.45, 7) is 14.1. The fourth-order valence-corrected chi connectivity index (χ4v) is 12.4. The molecule has 1 atom stereocenters. The van der Waals surface area contributed by atoms with Crippen molar-refractivity contribution in [1.82, 2.24) is 30.0 Å². The third-order valence-corrected chi connectivity index (χ3v) is 16.4. The average Bonchev–Trinajstić information content (AvgIpc) is 4.11. The molecule has 3 amide bonds. The molecule has 3 aliphatic heterocycles. The van der Waals surface area contributed by atoms with E-state index < -0.39 is 17.5 Å². The molecule has 400 valence electrons. The van der Waals surface area contributed by atoms with E-state index in [-0.39, 0.29) is 35.6 Å². The molecule has 1 unspecified atom stereocenters. The number of hydrogen-bond donors (Lipinski definition) is 2. The van der Waals surface area contributed by atoms with Crippen molar-refractivity contribution in [3.8, 4) is 16.9 Å². The van der Waals surface area contributed by atoms with Crippen LogP contribution in [0.25, 0.3) is 32.2 Å². The van der Waals surface area contributed by atoms with E-state index in [9.17, 15) is 19.2 Å². The third kappa shape index (κ3) is 11.3. The monoisotopic (exact) mass is 1060 g/mol. The Balaban J connectivity index is 0.684. The number of hydrogen-bond acceptors (Lipinski definition) is 14. The average molecular weight is 1060 g/mol. The smallest absolute Gasteiger partial charge is 0.358 e. The van der Waals surface area contributed by atoms with Crippen molar-refractivity contribution in [1.29, 1.82) is 0 Å². The normalized spacial score (nSPS) is 19.3. The summed E-state index contributed by atoms with van der Waals surface area (Å²) < 4.78 is 22.1. The SMILES string of the molecule is Cc1c(OC2CCC(OCCCN3CCN(c4cccc5c(C6CCC(=O)NC6=O)nn(C)c45)CC3)CC2)cccc1-c1ccc(N2CCc3cccc(C(=O)Nc4nc5ccccc5s4)c3C2)nc1C(=O)OC(C)(C)C. The second-order valence-corrected chi connectivity index (χ2v) is 22.8. The topological polar surface area (TPSA) is 173 Å². The van der Waals surface area contributed by atoms with Gasteiger partial charge in [-0.3, -0.25) is 34.6 Å². The predicted molar refractivity (Wildman–Crippen MR) is 300 cm³/mol. The molecule has 6 heterocycles. The number of piperazine rings is 1. The van der Waals surface area contributed by atoms with E-state index >= 15 is 0 Å². The molecule has 77 heavy (non-hydrogen) atoms. The van der Waals surface area contributed by atoms with Gasteiger partial charge in [0, 0.05) is 82.4 Å². The van der Waals surface area contributed by atoms with Gasteiger partial charge < -0.3 is 24.0 Å². The van der Waals surface area contributed by atoms with Crippen molar-refractivity contribution >= 4 is 72.8 Å². The molecule has 4 aliphatic rings. The number of amides is 3. The van der Waals surface area contributed by atoms with Crippen LogP contribution in [-0.4, -0.2) is 112 Å². The fraction of sp³-hybridized carbons (Fsp3) is 0.417. The highest BCUT2D eigenvalue weighted by atomic mass is 32.1. The van der Waals surface area contributed by atoms with Gasteiger partial charge in [-0.1, -0.05) is 59.9 Å². The third-order valence-electron chi connectivity index (χ3n) is 15.4. The number of carbonyl (C=O) groups excluding carboxylic acids is 4. The number of ether oxygens (including phenoxy) is 3. The van der Waals surface area contributed by atoms with E-state index in [1.54, 1.807) is 0 Å². The molecule has 16 nitrogen and oxygen atoms in total. The molecule has 0 spiro atoms. The Bertz CT molecular complexity index is 3330. The highest BCUT2D eigenvalue weighted by molar-refractivity contribution is 7.22. The molecule has 3 fully saturated rings. The number of esters is 1. The number of benzene rings is 4. The van der Waals surface area contributed by atoms with Crippen LogP contribution in [0.1, 0.15) is 115 Å². The van der Waals surface area contributed by atoms with Crippen LogP contribution in [0.3, 0.4) is 0 Å². The molecular formula is C60H67N9O7S. The van der Waals surface area contributed by atoms with E-state index in [4.69, 9.17) is 24.3 Å².